The second-order valence-electron chi connectivity index (χ2n) is 7.28. The normalized spacial score (nSPS) is 43.4. The fourth-order valence-electron chi connectivity index (χ4n) is 5.30. The molecule has 0 amide bonds. The van der Waals surface area contributed by atoms with Crippen LogP contribution in [0.5, 0.6) is 0 Å². The molecule has 0 radical (unpaired) electrons. The van der Waals surface area contributed by atoms with E-state index in [1.54, 1.807) is 0 Å². The summed E-state index contributed by atoms with van der Waals surface area (Å²) in [6.07, 6.45) is 11.3. The summed E-state index contributed by atoms with van der Waals surface area (Å²) in [6, 6.07) is 0. The number of ketones is 2. The fraction of sp³-hybridized carbons (Fsp3) is 0.667. The van der Waals surface area contributed by atoms with E-state index in [-0.39, 0.29) is 11.3 Å². The number of Topliss-reactive ketones (excluding diaryl/α,β-unsaturated/α-hetero) is 1. The second-order valence-corrected chi connectivity index (χ2v) is 7.28. The van der Waals surface area contributed by atoms with Crippen LogP contribution in [0.15, 0.2) is 23.3 Å². The van der Waals surface area contributed by atoms with Gasteiger partial charge in [-0.15, -0.1) is 0 Å². The van der Waals surface area contributed by atoms with Gasteiger partial charge in [0.2, 0.25) is 0 Å². The van der Waals surface area contributed by atoms with Crippen LogP contribution < -0.4 is 0 Å². The molecular formula is C18H22O2. The Morgan fingerprint density at radius 2 is 2.05 bits per heavy atom. The van der Waals surface area contributed by atoms with Crippen molar-refractivity contribution < 1.29 is 9.59 Å². The van der Waals surface area contributed by atoms with Gasteiger partial charge in [-0.3, -0.25) is 9.59 Å². The zero-order valence-electron chi connectivity index (χ0n) is 12.2. The van der Waals surface area contributed by atoms with Gasteiger partial charge < -0.3 is 0 Å². The molecule has 0 aromatic rings. The minimum absolute atomic E-state index is 0.0910. The lowest BCUT2D eigenvalue weighted by Crippen LogP contribution is -2.46. The van der Waals surface area contributed by atoms with Crippen molar-refractivity contribution >= 4 is 11.6 Å². The van der Waals surface area contributed by atoms with E-state index in [4.69, 9.17) is 0 Å². The Morgan fingerprint density at radius 1 is 1.20 bits per heavy atom. The predicted molar refractivity (Wildman–Crippen MR) is 77.1 cm³/mol. The van der Waals surface area contributed by atoms with Crippen LogP contribution in [0.3, 0.4) is 0 Å². The van der Waals surface area contributed by atoms with Gasteiger partial charge in [-0.05, 0) is 67.6 Å². The van der Waals surface area contributed by atoms with Crippen molar-refractivity contribution in [3.05, 3.63) is 23.3 Å². The zero-order valence-corrected chi connectivity index (χ0v) is 12.2. The Kier molecular flexibility index (Phi) is 2.61. The summed E-state index contributed by atoms with van der Waals surface area (Å²) in [5.41, 5.74) is 2.55. The first kappa shape index (κ1) is 12.6. The van der Waals surface area contributed by atoms with E-state index in [1.165, 1.54) is 17.6 Å². The topological polar surface area (TPSA) is 34.1 Å². The molecule has 0 heterocycles. The summed E-state index contributed by atoms with van der Waals surface area (Å²) in [6.45, 7) is 2.12. The maximum absolute atomic E-state index is 12.7. The highest BCUT2D eigenvalue weighted by molar-refractivity contribution is 5.97. The first-order valence-electron chi connectivity index (χ1n) is 8.09. The predicted octanol–water partition coefficient (Wildman–Crippen LogP) is 3.62. The lowest BCUT2D eigenvalue weighted by Gasteiger charge is -2.47. The average Bonchev–Trinajstić information content (AvgIpc) is 2.75. The smallest absolute Gasteiger partial charge is 0.159 e. The third kappa shape index (κ3) is 1.51. The van der Waals surface area contributed by atoms with Gasteiger partial charge in [-0.2, -0.15) is 0 Å². The Bertz CT molecular complexity index is 554. The first-order valence-corrected chi connectivity index (χ1v) is 8.09. The molecule has 20 heavy (non-hydrogen) atoms. The van der Waals surface area contributed by atoms with Gasteiger partial charge in [-0.1, -0.05) is 13.0 Å². The summed E-state index contributed by atoms with van der Waals surface area (Å²) in [4.78, 5) is 24.9. The summed E-state index contributed by atoms with van der Waals surface area (Å²) in [5.74, 6) is 1.51. The molecule has 0 aromatic carbocycles. The van der Waals surface area contributed by atoms with Crippen LogP contribution in [0.25, 0.3) is 0 Å². The number of carbonyl (C=O) groups is 2. The van der Waals surface area contributed by atoms with Gasteiger partial charge in [0.05, 0.1) is 0 Å². The van der Waals surface area contributed by atoms with Crippen LogP contribution in [0.2, 0.25) is 0 Å². The molecule has 4 atom stereocenters. The molecule has 2 heteroatoms. The number of allylic oxidation sites excluding steroid dienone is 4. The molecule has 0 N–H and O–H groups in total. The van der Waals surface area contributed by atoms with Gasteiger partial charge in [-0.25, -0.2) is 0 Å². The molecule has 0 bridgehead atoms. The zero-order chi connectivity index (χ0) is 13.9. The van der Waals surface area contributed by atoms with Crippen molar-refractivity contribution in [2.75, 3.05) is 0 Å². The van der Waals surface area contributed by atoms with Gasteiger partial charge in [0.1, 0.15) is 5.78 Å². The molecule has 3 unspecified atom stereocenters. The quantitative estimate of drug-likeness (QED) is 0.673. The molecule has 4 aliphatic rings. The Morgan fingerprint density at radius 3 is 2.90 bits per heavy atom. The van der Waals surface area contributed by atoms with Gasteiger partial charge in [0.25, 0.3) is 0 Å². The third-order valence-electron chi connectivity index (χ3n) is 6.41. The third-order valence-corrected chi connectivity index (χ3v) is 6.41. The van der Waals surface area contributed by atoms with Crippen LogP contribution in [-0.2, 0) is 9.59 Å². The molecule has 2 saturated carbocycles. The lowest BCUT2D eigenvalue weighted by atomic mass is 9.55. The molecule has 0 aliphatic heterocycles. The number of hydrogen-bond acceptors (Lipinski definition) is 2. The van der Waals surface area contributed by atoms with E-state index in [0.29, 0.717) is 29.8 Å². The van der Waals surface area contributed by atoms with Crippen molar-refractivity contribution in [1.82, 2.24) is 0 Å². The van der Waals surface area contributed by atoms with Crippen molar-refractivity contribution in [2.24, 2.45) is 23.2 Å². The Labute approximate surface area is 120 Å². The lowest BCUT2D eigenvalue weighted by molar-refractivity contribution is -0.133. The van der Waals surface area contributed by atoms with Gasteiger partial charge in [0, 0.05) is 17.8 Å². The number of fused-ring (bicyclic) bond motifs is 5. The maximum Gasteiger partial charge on any atom is 0.159 e. The highest BCUT2D eigenvalue weighted by Gasteiger charge is 2.56. The summed E-state index contributed by atoms with van der Waals surface area (Å²) < 4.78 is 0. The molecular weight excluding hydrogens is 248 g/mol. The van der Waals surface area contributed by atoms with Crippen molar-refractivity contribution in [1.29, 1.82) is 0 Å². The van der Waals surface area contributed by atoms with Crippen LogP contribution in [0.4, 0.5) is 0 Å². The molecule has 106 valence electrons. The molecule has 2 nitrogen and oxygen atoms in total. The summed E-state index contributed by atoms with van der Waals surface area (Å²) in [7, 11) is 0. The summed E-state index contributed by atoms with van der Waals surface area (Å²) in [5, 5.41) is 0. The minimum Gasteiger partial charge on any atom is -0.299 e. The van der Waals surface area contributed by atoms with Crippen molar-refractivity contribution in [3.8, 4) is 0 Å². The second kappa shape index (κ2) is 4.16. The van der Waals surface area contributed by atoms with Crippen molar-refractivity contribution in [3.63, 3.8) is 0 Å². The SMILES string of the molecule is C[C@]12CCC3C4=CCCCC4=CC(=O)C3C1CCC2=O. The van der Waals surface area contributed by atoms with Crippen LogP contribution in [-0.4, -0.2) is 11.6 Å². The molecule has 4 aliphatic carbocycles. The maximum atomic E-state index is 12.7. The van der Waals surface area contributed by atoms with E-state index in [9.17, 15) is 9.59 Å². The van der Waals surface area contributed by atoms with Gasteiger partial charge >= 0.3 is 0 Å². The monoisotopic (exact) mass is 270 g/mol. The highest BCUT2D eigenvalue weighted by atomic mass is 16.1. The molecule has 2 fully saturated rings. The van der Waals surface area contributed by atoms with E-state index >= 15 is 0 Å². The standard InChI is InChI=1S/C18H22O2/c1-18-9-8-13-12-5-3-2-4-11(12)10-15(19)17(13)14(18)6-7-16(18)20/h5,10,13-14,17H,2-4,6-9H2,1H3/t13?,14?,17?,18-/m0/s1. The minimum atomic E-state index is -0.211. The molecule has 4 rings (SSSR count). The average molecular weight is 270 g/mol. The Balaban J connectivity index is 1.78. The van der Waals surface area contributed by atoms with Gasteiger partial charge in [0.15, 0.2) is 5.78 Å². The number of carbonyl (C=O) groups excluding carboxylic acids is 2. The van der Waals surface area contributed by atoms with Crippen LogP contribution in [0, 0.1) is 23.2 Å². The van der Waals surface area contributed by atoms with E-state index in [0.717, 1.165) is 32.1 Å². The van der Waals surface area contributed by atoms with E-state index < -0.39 is 0 Å². The summed E-state index contributed by atoms with van der Waals surface area (Å²) >= 11 is 0. The van der Waals surface area contributed by atoms with Crippen molar-refractivity contribution in [2.45, 2.75) is 51.9 Å². The number of hydrogen-bond donors (Lipinski definition) is 0. The molecule has 0 aromatic heterocycles. The molecule has 0 spiro atoms. The molecule has 0 saturated heterocycles. The highest BCUT2D eigenvalue weighted by Crippen LogP contribution is 2.58. The van der Waals surface area contributed by atoms with E-state index in [2.05, 4.69) is 13.0 Å². The van der Waals surface area contributed by atoms with Crippen LogP contribution in [0.1, 0.15) is 51.9 Å². The first-order chi connectivity index (χ1) is 9.61. The Hall–Kier alpha value is -1.18. The van der Waals surface area contributed by atoms with Crippen LogP contribution >= 0.6 is 0 Å². The largest absolute Gasteiger partial charge is 0.299 e. The fourth-order valence-corrected chi connectivity index (χ4v) is 5.30. The number of rotatable bonds is 0. The van der Waals surface area contributed by atoms with E-state index in [1.807, 2.05) is 6.08 Å².